The summed E-state index contributed by atoms with van der Waals surface area (Å²) in [6.07, 6.45) is -9.99. The Morgan fingerprint density at radius 3 is 1.44 bits per heavy atom. The Morgan fingerprint density at radius 2 is 1.19 bits per heavy atom. The van der Waals surface area contributed by atoms with E-state index in [1.54, 1.807) is 0 Å². The molecule has 0 aliphatic rings. The van der Waals surface area contributed by atoms with Crippen molar-refractivity contribution in [3.8, 4) is 0 Å². The van der Waals surface area contributed by atoms with E-state index in [4.69, 9.17) is 10.0 Å². The molecule has 1 radical (unpaired) electrons. The summed E-state index contributed by atoms with van der Waals surface area (Å²) in [6.45, 7) is 0. The van der Waals surface area contributed by atoms with Gasteiger partial charge in [0.25, 0.3) is 0 Å². The molecule has 0 saturated heterocycles. The third kappa shape index (κ3) is 8.92. The van der Waals surface area contributed by atoms with Crippen molar-refractivity contribution in [2.75, 3.05) is 14.1 Å². The molecule has 0 bridgehead atoms. The Kier molecular flexibility index (Phi) is 10.5. The fourth-order valence-electron chi connectivity index (χ4n) is 1.90. The van der Waals surface area contributed by atoms with Crippen LogP contribution in [-0.2, 0) is 12.4 Å². The molecule has 0 heterocycles. The van der Waals surface area contributed by atoms with Crippen molar-refractivity contribution in [2.24, 2.45) is 0 Å². The number of benzene rings is 2. The molecule has 0 fully saturated rings. The number of quaternary nitrogens is 1. The van der Waals surface area contributed by atoms with Crippen LogP contribution in [0.15, 0.2) is 48.5 Å². The zero-order valence-electron chi connectivity index (χ0n) is 14.4. The average molecular weight is 520 g/mol. The molecule has 0 atom stereocenters. The fourth-order valence-corrected chi connectivity index (χ4v) is 1.90. The molecular formula is C16H17BCeF6NO2+4. The van der Waals surface area contributed by atoms with Crippen LogP contribution in [0, 0.1) is 41.7 Å². The molecule has 0 unspecified atom stereocenters. The predicted octanol–water partition coefficient (Wildman–Crippen LogP) is 1.87. The summed E-state index contributed by atoms with van der Waals surface area (Å²) in [5.74, 6) is 0. The quantitative estimate of drug-likeness (QED) is 0.419. The van der Waals surface area contributed by atoms with Crippen molar-refractivity contribution < 1.29 is 83.0 Å². The summed E-state index contributed by atoms with van der Waals surface area (Å²) in [5.41, 5.74) is -2.71. The second-order valence-corrected chi connectivity index (χ2v) is 5.58. The van der Waals surface area contributed by atoms with E-state index in [1.165, 1.54) is 10.6 Å². The van der Waals surface area contributed by atoms with E-state index in [2.05, 4.69) is 38.4 Å². The smallest absolute Gasteiger partial charge is 0.423 e. The number of para-hydroxylation sites is 1. The van der Waals surface area contributed by atoms with E-state index < -0.39 is 36.1 Å². The molecule has 143 valence electrons. The van der Waals surface area contributed by atoms with E-state index in [0.717, 1.165) is 0 Å². The van der Waals surface area contributed by atoms with Crippen molar-refractivity contribution in [1.82, 2.24) is 0 Å². The number of nitrogens with one attached hydrogen (secondary N) is 1. The van der Waals surface area contributed by atoms with Crippen molar-refractivity contribution in [3.05, 3.63) is 59.7 Å². The van der Waals surface area contributed by atoms with Crippen LogP contribution in [0.1, 0.15) is 11.1 Å². The Morgan fingerprint density at radius 1 is 0.778 bits per heavy atom. The molecule has 0 amide bonds. The molecule has 2 aromatic carbocycles. The molecule has 0 saturated carbocycles. The molecule has 2 rings (SSSR count). The molecule has 3 nitrogen and oxygen atoms in total. The van der Waals surface area contributed by atoms with Crippen molar-refractivity contribution in [3.63, 3.8) is 0 Å². The minimum atomic E-state index is -5.00. The molecule has 3 N–H and O–H groups in total. The van der Waals surface area contributed by atoms with Gasteiger partial charge in [-0.05, 0) is 23.7 Å². The summed E-state index contributed by atoms with van der Waals surface area (Å²) in [7, 11) is 1.84. The van der Waals surface area contributed by atoms with Crippen LogP contribution >= 0.6 is 0 Å². The van der Waals surface area contributed by atoms with Gasteiger partial charge in [-0.2, -0.15) is 26.3 Å². The van der Waals surface area contributed by atoms with Crippen molar-refractivity contribution in [2.45, 2.75) is 12.4 Å². The van der Waals surface area contributed by atoms with Gasteiger partial charge in [0.15, 0.2) is 0 Å². The first-order valence-corrected chi connectivity index (χ1v) is 7.33. The topological polar surface area (TPSA) is 44.9 Å². The Hall–Kier alpha value is -0.658. The number of rotatable bonds is 2. The van der Waals surface area contributed by atoms with Gasteiger partial charge in [-0.25, -0.2) is 0 Å². The number of alkyl halides is 6. The third-order valence-electron chi connectivity index (χ3n) is 3.26. The van der Waals surface area contributed by atoms with Gasteiger partial charge < -0.3 is 14.9 Å². The number of hydrogen-bond acceptors (Lipinski definition) is 2. The van der Waals surface area contributed by atoms with E-state index >= 15 is 0 Å². The maximum absolute atomic E-state index is 12.3. The van der Waals surface area contributed by atoms with Crippen LogP contribution in [0.25, 0.3) is 0 Å². The maximum atomic E-state index is 12.3. The van der Waals surface area contributed by atoms with Crippen molar-refractivity contribution in [1.29, 1.82) is 0 Å². The maximum Gasteiger partial charge on any atom is 3.00 e. The SMILES string of the molecule is C[NH+](C)c1ccccc1.OB(O)c1cc(C(F)(F)F)cc(C(F)(F)F)c1.[Ce+3]. The zero-order valence-corrected chi connectivity index (χ0v) is 17.5. The number of halogens is 6. The largest absolute Gasteiger partial charge is 3.00 e. The third-order valence-corrected chi connectivity index (χ3v) is 3.26. The van der Waals surface area contributed by atoms with Crippen LogP contribution in [0.3, 0.4) is 0 Å². The van der Waals surface area contributed by atoms with Crippen LogP contribution in [-0.4, -0.2) is 31.3 Å². The fraction of sp³-hybridized carbons (Fsp3) is 0.250. The van der Waals surface area contributed by atoms with Crippen LogP contribution in [0.5, 0.6) is 0 Å². The van der Waals surface area contributed by atoms with Crippen LogP contribution < -0.4 is 10.4 Å². The zero-order chi connectivity index (χ0) is 20.1. The van der Waals surface area contributed by atoms with Gasteiger partial charge in [-0.3, -0.25) is 0 Å². The predicted molar refractivity (Wildman–Crippen MR) is 85.2 cm³/mol. The van der Waals surface area contributed by atoms with Gasteiger partial charge >= 0.3 is 61.2 Å². The normalized spacial score (nSPS) is 11.4. The Balaban J connectivity index is 0.000000572. The first kappa shape index (κ1) is 26.3. The van der Waals surface area contributed by atoms with Gasteiger partial charge in [-0.15, -0.1) is 0 Å². The Labute approximate surface area is 186 Å². The van der Waals surface area contributed by atoms with Gasteiger partial charge in [0.1, 0.15) is 5.69 Å². The van der Waals surface area contributed by atoms with E-state index in [0.29, 0.717) is 0 Å². The summed E-state index contributed by atoms with van der Waals surface area (Å²) in [5, 5.41) is 17.2. The van der Waals surface area contributed by atoms with Crippen LogP contribution in [0.4, 0.5) is 32.0 Å². The van der Waals surface area contributed by atoms with E-state index in [1.807, 2.05) is 6.07 Å². The van der Waals surface area contributed by atoms with Gasteiger partial charge in [0, 0.05) is 0 Å². The van der Waals surface area contributed by atoms with E-state index in [9.17, 15) is 26.3 Å². The summed E-state index contributed by atoms with van der Waals surface area (Å²) in [4.78, 5) is 1.37. The molecule has 0 aromatic heterocycles. The summed E-state index contributed by atoms with van der Waals surface area (Å²) >= 11 is 0. The average Bonchev–Trinajstić information content (AvgIpc) is 2.54. The van der Waals surface area contributed by atoms with Crippen molar-refractivity contribution >= 4 is 18.3 Å². The molecule has 0 aliphatic carbocycles. The Bertz CT molecular complexity index is 676. The van der Waals surface area contributed by atoms with Crippen LogP contribution in [0.2, 0.25) is 0 Å². The minimum absolute atomic E-state index is 0. The second-order valence-electron chi connectivity index (χ2n) is 5.58. The van der Waals surface area contributed by atoms with E-state index in [-0.39, 0.29) is 59.9 Å². The standard InChI is InChI=1S/C8H5BF6O2.C8H11N.Ce/c10-7(11,12)4-1-5(8(13,14)15)3-6(2-4)9(16)17;1-9(2)8-6-4-3-5-7-8;/h1-3,16-17H;3-7H,1-2H3;/q;;+3/p+1. The summed E-state index contributed by atoms with van der Waals surface area (Å²) < 4.78 is 73.6. The molecule has 11 heteroatoms. The van der Waals surface area contributed by atoms with Gasteiger partial charge in [-0.1, -0.05) is 30.3 Å². The summed E-state index contributed by atoms with van der Waals surface area (Å²) in [6, 6.07) is 10.8. The second kappa shape index (κ2) is 10.8. The molecule has 2 aromatic rings. The first-order valence-electron chi connectivity index (χ1n) is 7.33. The molecular weight excluding hydrogens is 503 g/mol. The molecule has 0 aliphatic heterocycles. The minimum Gasteiger partial charge on any atom is -0.423 e. The molecule has 27 heavy (non-hydrogen) atoms. The number of hydrogen-bond donors (Lipinski definition) is 3. The monoisotopic (exact) mass is 520 g/mol. The first-order chi connectivity index (χ1) is 11.8. The van der Waals surface area contributed by atoms with Gasteiger partial charge in [0.2, 0.25) is 0 Å². The molecule has 0 spiro atoms. The van der Waals surface area contributed by atoms with Gasteiger partial charge in [0.05, 0.1) is 25.2 Å².